The molecule has 24 heavy (non-hydrogen) atoms. The van der Waals surface area contributed by atoms with Crippen molar-refractivity contribution in [2.75, 3.05) is 26.7 Å². The number of amides is 2. The lowest BCUT2D eigenvalue weighted by atomic mass is 10.0. The van der Waals surface area contributed by atoms with Crippen LogP contribution in [0.15, 0.2) is 24.4 Å². The lowest BCUT2D eigenvalue weighted by Crippen LogP contribution is -2.59. The molecular weight excluding hydrogens is 308 g/mol. The summed E-state index contributed by atoms with van der Waals surface area (Å²) in [5, 5.41) is 2.60. The summed E-state index contributed by atoms with van der Waals surface area (Å²) in [5.41, 5.74) is 1.55. The highest BCUT2D eigenvalue weighted by atomic mass is 16.5. The number of fused-ring (bicyclic) bond motifs is 1. The molecule has 3 rings (SSSR count). The minimum Gasteiger partial charge on any atom is -0.362 e. The van der Waals surface area contributed by atoms with Gasteiger partial charge < -0.3 is 19.4 Å². The molecule has 1 N–H and O–H groups in total. The summed E-state index contributed by atoms with van der Waals surface area (Å²) in [6.07, 6.45) is 2.16. The van der Waals surface area contributed by atoms with Crippen molar-refractivity contribution < 1.29 is 14.3 Å². The number of carbonyl (C=O) groups excluding carboxylic acids is 2. The monoisotopic (exact) mass is 330 g/mol. The summed E-state index contributed by atoms with van der Waals surface area (Å²) in [5.74, 6) is -0.242. The molecule has 3 heterocycles. The van der Waals surface area contributed by atoms with Crippen LogP contribution in [0.3, 0.4) is 0 Å². The number of aromatic nitrogens is 2. The molecule has 1 unspecified atom stereocenters. The van der Waals surface area contributed by atoms with Crippen molar-refractivity contribution in [3.05, 3.63) is 35.8 Å². The predicted molar refractivity (Wildman–Crippen MR) is 88.6 cm³/mol. The van der Waals surface area contributed by atoms with E-state index < -0.39 is 5.60 Å². The van der Waals surface area contributed by atoms with Gasteiger partial charge in [0.2, 0.25) is 5.91 Å². The molecule has 0 bridgehead atoms. The number of ether oxygens (including phenoxy) is 1. The second-order valence-corrected chi connectivity index (χ2v) is 6.22. The summed E-state index contributed by atoms with van der Waals surface area (Å²) < 4.78 is 7.54. The zero-order valence-electron chi connectivity index (χ0n) is 14.2. The largest absolute Gasteiger partial charge is 0.362 e. The Morgan fingerprint density at radius 3 is 2.96 bits per heavy atom. The van der Waals surface area contributed by atoms with Crippen LogP contribution in [0.5, 0.6) is 0 Å². The Morgan fingerprint density at radius 1 is 1.42 bits per heavy atom. The molecule has 2 amide bonds. The maximum atomic E-state index is 12.8. The first kappa shape index (κ1) is 16.4. The number of hydrogen-bond donors (Lipinski definition) is 1. The number of nitrogens with one attached hydrogen (secondary N) is 1. The topological polar surface area (TPSA) is 75.9 Å². The molecule has 1 saturated heterocycles. The van der Waals surface area contributed by atoms with Gasteiger partial charge in [-0.1, -0.05) is 6.07 Å². The molecule has 0 spiro atoms. The van der Waals surface area contributed by atoms with Crippen LogP contribution in [0.4, 0.5) is 0 Å². The third-order valence-corrected chi connectivity index (χ3v) is 4.48. The van der Waals surface area contributed by atoms with E-state index in [1.54, 1.807) is 18.9 Å². The van der Waals surface area contributed by atoms with Crippen molar-refractivity contribution in [2.45, 2.75) is 25.9 Å². The number of hydrogen-bond acceptors (Lipinski definition) is 4. The van der Waals surface area contributed by atoms with Crippen LogP contribution in [0.2, 0.25) is 0 Å². The van der Waals surface area contributed by atoms with Gasteiger partial charge in [0.25, 0.3) is 5.91 Å². The number of carbonyl (C=O) groups is 2. The van der Waals surface area contributed by atoms with Crippen LogP contribution in [0.1, 0.15) is 18.3 Å². The predicted octanol–water partition coefficient (Wildman–Crippen LogP) is 0.549. The van der Waals surface area contributed by atoms with Crippen molar-refractivity contribution in [3.63, 3.8) is 0 Å². The van der Waals surface area contributed by atoms with E-state index in [2.05, 4.69) is 10.3 Å². The highest BCUT2D eigenvalue weighted by Gasteiger charge is 2.40. The van der Waals surface area contributed by atoms with Gasteiger partial charge in [-0.05, 0) is 26.0 Å². The quantitative estimate of drug-likeness (QED) is 0.892. The Labute approximate surface area is 140 Å². The van der Waals surface area contributed by atoms with Crippen molar-refractivity contribution in [1.82, 2.24) is 19.6 Å². The molecule has 1 aliphatic rings. The van der Waals surface area contributed by atoms with Gasteiger partial charge >= 0.3 is 0 Å². The summed E-state index contributed by atoms with van der Waals surface area (Å²) in [6, 6.07) is 5.75. The van der Waals surface area contributed by atoms with Crippen LogP contribution >= 0.6 is 0 Å². The Hall–Kier alpha value is -2.41. The smallest absolute Gasteiger partial charge is 0.253 e. The van der Waals surface area contributed by atoms with Gasteiger partial charge in [-0.15, -0.1) is 0 Å². The molecule has 0 radical (unpaired) electrons. The normalized spacial score (nSPS) is 21.0. The Balaban J connectivity index is 1.79. The van der Waals surface area contributed by atoms with E-state index in [1.165, 1.54) is 0 Å². The van der Waals surface area contributed by atoms with Gasteiger partial charge in [0.1, 0.15) is 5.65 Å². The molecule has 0 aliphatic carbocycles. The fourth-order valence-corrected chi connectivity index (χ4v) is 3.12. The number of likely N-dealkylation sites (N-methyl/N-ethyl adjacent to an activating group) is 1. The number of nitrogens with zero attached hydrogens (tertiary/aromatic N) is 3. The fraction of sp³-hybridized carbons (Fsp3) is 0.471. The average molecular weight is 330 g/mol. The van der Waals surface area contributed by atoms with E-state index in [9.17, 15) is 9.59 Å². The van der Waals surface area contributed by atoms with Gasteiger partial charge in [-0.2, -0.15) is 0 Å². The minimum atomic E-state index is -1.00. The van der Waals surface area contributed by atoms with Crippen molar-refractivity contribution >= 4 is 17.5 Å². The first-order valence-electron chi connectivity index (χ1n) is 8.01. The third-order valence-electron chi connectivity index (χ3n) is 4.48. The van der Waals surface area contributed by atoms with Crippen molar-refractivity contribution in [1.29, 1.82) is 0 Å². The average Bonchev–Trinajstić information content (AvgIpc) is 2.90. The van der Waals surface area contributed by atoms with Crippen LogP contribution in [0.25, 0.3) is 5.65 Å². The van der Waals surface area contributed by atoms with Crippen molar-refractivity contribution in [2.24, 2.45) is 0 Å². The molecule has 128 valence electrons. The Morgan fingerprint density at radius 2 is 2.21 bits per heavy atom. The van der Waals surface area contributed by atoms with Gasteiger partial charge in [-0.3, -0.25) is 9.59 Å². The minimum absolute atomic E-state index is 0.0258. The van der Waals surface area contributed by atoms with Gasteiger partial charge in [0, 0.05) is 19.8 Å². The first-order chi connectivity index (χ1) is 11.4. The molecule has 7 heteroatoms. The molecule has 2 aromatic rings. The lowest BCUT2D eigenvalue weighted by molar-refractivity contribution is -0.162. The van der Waals surface area contributed by atoms with Crippen LogP contribution in [0, 0.1) is 6.92 Å². The second kappa shape index (κ2) is 6.24. The molecule has 7 nitrogen and oxygen atoms in total. The molecule has 1 aliphatic heterocycles. The van der Waals surface area contributed by atoms with E-state index in [1.807, 2.05) is 35.7 Å². The molecule has 0 saturated carbocycles. The summed E-state index contributed by atoms with van der Waals surface area (Å²) in [4.78, 5) is 31.0. The standard InChI is InChI=1S/C17H22N4O3/c1-12-13(21-7-5-4-6-14(21)19-12)10-15(22)20-8-9-24-17(2,11-20)16(23)18-3/h4-7H,8-11H2,1-3H3,(H,18,23). The molecule has 0 aromatic carbocycles. The van der Waals surface area contributed by atoms with E-state index in [4.69, 9.17) is 4.74 Å². The molecule has 1 fully saturated rings. The number of imidazole rings is 1. The fourth-order valence-electron chi connectivity index (χ4n) is 3.12. The Bertz CT molecular complexity index is 785. The third kappa shape index (κ3) is 2.87. The van der Waals surface area contributed by atoms with Gasteiger partial charge in [0.15, 0.2) is 5.60 Å². The summed E-state index contributed by atoms with van der Waals surface area (Å²) >= 11 is 0. The van der Waals surface area contributed by atoms with Gasteiger partial charge in [-0.25, -0.2) is 4.98 Å². The van der Waals surface area contributed by atoms with E-state index >= 15 is 0 Å². The highest BCUT2D eigenvalue weighted by Crippen LogP contribution is 2.20. The van der Waals surface area contributed by atoms with Gasteiger partial charge in [0.05, 0.1) is 31.0 Å². The van der Waals surface area contributed by atoms with E-state index in [-0.39, 0.29) is 24.8 Å². The SMILES string of the molecule is CNC(=O)C1(C)CN(C(=O)Cc2c(C)nc3ccccn23)CCO1. The summed E-state index contributed by atoms with van der Waals surface area (Å²) in [7, 11) is 1.57. The number of aryl methyl sites for hydroxylation is 1. The van der Waals surface area contributed by atoms with Crippen LogP contribution < -0.4 is 5.32 Å². The van der Waals surface area contributed by atoms with E-state index in [0.29, 0.717) is 13.2 Å². The number of morpholine rings is 1. The first-order valence-corrected chi connectivity index (χ1v) is 8.01. The zero-order chi connectivity index (χ0) is 17.3. The maximum absolute atomic E-state index is 12.8. The highest BCUT2D eigenvalue weighted by molar-refractivity contribution is 5.86. The number of rotatable bonds is 3. The molecule has 1 atom stereocenters. The number of pyridine rings is 1. The summed E-state index contributed by atoms with van der Waals surface area (Å²) in [6.45, 7) is 4.71. The van der Waals surface area contributed by atoms with Crippen LogP contribution in [-0.4, -0.2) is 58.4 Å². The zero-order valence-corrected chi connectivity index (χ0v) is 14.2. The van der Waals surface area contributed by atoms with E-state index in [0.717, 1.165) is 17.0 Å². The van der Waals surface area contributed by atoms with Crippen LogP contribution in [-0.2, 0) is 20.7 Å². The maximum Gasteiger partial charge on any atom is 0.253 e. The molecular formula is C17H22N4O3. The van der Waals surface area contributed by atoms with Crippen molar-refractivity contribution in [3.8, 4) is 0 Å². The second-order valence-electron chi connectivity index (χ2n) is 6.22. The Kier molecular flexibility index (Phi) is 4.28. The molecule has 2 aromatic heterocycles. The lowest BCUT2D eigenvalue weighted by Gasteiger charge is -2.39.